The first-order valence-corrected chi connectivity index (χ1v) is 11.3. The number of sulfonamides is 1. The van der Waals surface area contributed by atoms with E-state index in [1.807, 2.05) is 0 Å². The molecule has 0 aliphatic carbocycles. The zero-order valence-electron chi connectivity index (χ0n) is 16.0. The van der Waals surface area contributed by atoms with Crippen LogP contribution in [0.25, 0.3) is 0 Å². The molecule has 0 spiro atoms. The summed E-state index contributed by atoms with van der Waals surface area (Å²) in [5, 5.41) is 3.46. The number of esters is 1. The van der Waals surface area contributed by atoms with E-state index in [2.05, 4.69) is 10.0 Å². The second-order valence-electron chi connectivity index (χ2n) is 6.58. The van der Waals surface area contributed by atoms with Crippen LogP contribution in [0.4, 0.5) is 5.69 Å². The fourth-order valence-electron chi connectivity index (χ4n) is 2.30. The molecular weight excluding hydrogens is 475 g/mol. The number of amides is 1. The lowest BCUT2D eigenvalue weighted by Gasteiger charge is -2.20. The third kappa shape index (κ3) is 6.85. The molecule has 2 N–H and O–H groups in total. The Hall–Kier alpha value is -1.84. The van der Waals surface area contributed by atoms with Gasteiger partial charge in [0.2, 0.25) is 10.0 Å². The summed E-state index contributed by atoms with van der Waals surface area (Å²) in [5.74, 6) is -1.94. The molecule has 30 heavy (non-hydrogen) atoms. The highest BCUT2D eigenvalue weighted by molar-refractivity contribution is 7.89. The average Bonchev–Trinajstić information content (AvgIpc) is 2.67. The van der Waals surface area contributed by atoms with Crippen LogP contribution in [0.1, 0.15) is 13.8 Å². The van der Waals surface area contributed by atoms with Gasteiger partial charge in [-0.05, 0) is 48.4 Å². The number of rotatable bonds is 8. The first-order chi connectivity index (χ1) is 14.0. The molecule has 0 saturated heterocycles. The molecule has 0 aromatic heterocycles. The molecule has 11 heteroatoms. The van der Waals surface area contributed by atoms with E-state index in [0.717, 1.165) is 0 Å². The highest BCUT2D eigenvalue weighted by Crippen LogP contribution is 2.25. The van der Waals surface area contributed by atoms with E-state index in [-0.39, 0.29) is 9.92 Å². The van der Waals surface area contributed by atoms with Crippen molar-refractivity contribution in [1.29, 1.82) is 0 Å². The third-order valence-corrected chi connectivity index (χ3v) is 6.32. The van der Waals surface area contributed by atoms with Crippen LogP contribution >= 0.6 is 34.8 Å². The summed E-state index contributed by atoms with van der Waals surface area (Å²) in [6.07, 6.45) is 0. The summed E-state index contributed by atoms with van der Waals surface area (Å²) in [5.41, 5.74) is 0.370. The van der Waals surface area contributed by atoms with E-state index in [4.69, 9.17) is 39.5 Å². The average molecular weight is 494 g/mol. The van der Waals surface area contributed by atoms with Crippen LogP contribution < -0.4 is 10.0 Å². The SMILES string of the molecule is CC(C)C(NS(=O)(=O)c1ccc(Cl)cc1)C(=O)OCC(=O)Nc1ccc(Cl)c(Cl)c1. The normalized spacial score (nSPS) is 12.5. The van der Waals surface area contributed by atoms with Gasteiger partial charge in [-0.1, -0.05) is 48.7 Å². The molecule has 2 aromatic carbocycles. The van der Waals surface area contributed by atoms with E-state index in [1.54, 1.807) is 13.8 Å². The lowest BCUT2D eigenvalue weighted by atomic mass is 10.1. The van der Waals surface area contributed by atoms with Gasteiger partial charge in [0.1, 0.15) is 6.04 Å². The van der Waals surface area contributed by atoms with Crippen molar-refractivity contribution in [3.05, 3.63) is 57.5 Å². The molecule has 2 aromatic rings. The van der Waals surface area contributed by atoms with Crippen LogP contribution in [-0.2, 0) is 24.3 Å². The number of ether oxygens (including phenoxy) is 1. The fraction of sp³-hybridized carbons (Fsp3) is 0.263. The number of anilines is 1. The molecule has 0 fully saturated rings. The Bertz CT molecular complexity index is 1030. The van der Waals surface area contributed by atoms with E-state index in [9.17, 15) is 18.0 Å². The standard InChI is InChI=1S/C19H19Cl3N2O5S/c1-11(2)18(24-30(27,28)14-6-3-12(20)4-7-14)19(26)29-10-17(25)23-13-5-8-15(21)16(22)9-13/h3-9,11,18,24H,10H2,1-2H3,(H,23,25). The van der Waals surface area contributed by atoms with Crippen molar-refractivity contribution in [2.75, 3.05) is 11.9 Å². The maximum absolute atomic E-state index is 12.5. The smallest absolute Gasteiger partial charge is 0.324 e. The van der Waals surface area contributed by atoms with Gasteiger partial charge >= 0.3 is 5.97 Å². The summed E-state index contributed by atoms with van der Waals surface area (Å²) in [6, 6.07) is 8.77. The Morgan fingerprint density at radius 1 is 1.00 bits per heavy atom. The summed E-state index contributed by atoms with van der Waals surface area (Å²) in [7, 11) is -4.00. The van der Waals surface area contributed by atoms with Gasteiger partial charge in [-0.25, -0.2) is 8.42 Å². The van der Waals surface area contributed by atoms with Gasteiger partial charge in [-0.2, -0.15) is 4.72 Å². The van der Waals surface area contributed by atoms with Crippen molar-refractivity contribution < 1.29 is 22.7 Å². The molecule has 162 valence electrons. The van der Waals surface area contributed by atoms with E-state index < -0.39 is 40.5 Å². The van der Waals surface area contributed by atoms with E-state index in [0.29, 0.717) is 15.7 Å². The highest BCUT2D eigenvalue weighted by atomic mass is 35.5. The van der Waals surface area contributed by atoms with Crippen molar-refractivity contribution in [3.63, 3.8) is 0 Å². The second-order valence-corrected chi connectivity index (χ2v) is 9.55. The summed E-state index contributed by atoms with van der Waals surface area (Å²) >= 11 is 17.5. The zero-order chi connectivity index (χ0) is 22.5. The molecule has 7 nitrogen and oxygen atoms in total. The van der Waals surface area contributed by atoms with E-state index >= 15 is 0 Å². The first-order valence-electron chi connectivity index (χ1n) is 8.69. The Balaban J connectivity index is 2.00. The van der Waals surface area contributed by atoms with Crippen LogP contribution in [0.2, 0.25) is 15.1 Å². The Morgan fingerprint density at radius 2 is 1.63 bits per heavy atom. The number of hydrogen-bond donors (Lipinski definition) is 2. The lowest BCUT2D eigenvalue weighted by Crippen LogP contribution is -2.45. The summed E-state index contributed by atoms with van der Waals surface area (Å²) < 4.78 is 32.4. The van der Waals surface area contributed by atoms with E-state index in [1.165, 1.54) is 42.5 Å². The van der Waals surface area contributed by atoms with Gasteiger partial charge in [0.25, 0.3) is 5.91 Å². The van der Waals surface area contributed by atoms with Gasteiger partial charge in [-0.3, -0.25) is 9.59 Å². The van der Waals surface area contributed by atoms with Crippen molar-refractivity contribution >= 4 is 62.4 Å². The molecule has 2 rings (SSSR count). The Morgan fingerprint density at radius 3 is 2.20 bits per heavy atom. The number of benzene rings is 2. The maximum Gasteiger partial charge on any atom is 0.324 e. The Kier molecular flexibility index (Phi) is 8.52. The number of nitrogens with one attached hydrogen (secondary N) is 2. The van der Waals surface area contributed by atoms with Crippen LogP contribution in [0, 0.1) is 5.92 Å². The number of hydrogen-bond acceptors (Lipinski definition) is 5. The number of carbonyl (C=O) groups excluding carboxylic acids is 2. The second kappa shape index (κ2) is 10.5. The molecular formula is C19H19Cl3N2O5S. The topological polar surface area (TPSA) is 102 Å². The minimum absolute atomic E-state index is 0.0530. The highest BCUT2D eigenvalue weighted by Gasteiger charge is 2.30. The van der Waals surface area contributed by atoms with Gasteiger partial charge in [-0.15, -0.1) is 0 Å². The molecule has 0 aliphatic heterocycles. The van der Waals surface area contributed by atoms with Crippen molar-refractivity contribution in [2.24, 2.45) is 5.92 Å². The molecule has 0 saturated carbocycles. The van der Waals surface area contributed by atoms with Crippen LogP contribution in [0.15, 0.2) is 47.4 Å². The molecule has 0 bridgehead atoms. The van der Waals surface area contributed by atoms with Crippen LogP contribution in [-0.4, -0.2) is 32.9 Å². The van der Waals surface area contributed by atoms with Crippen molar-refractivity contribution in [2.45, 2.75) is 24.8 Å². The largest absolute Gasteiger partial charge is 0.454 e. The van der Waals surface area contributed by atoms with Gasteiger partial charge in [0, 0.05) is 10.7 Å². The molecule has 1 atom stereocenters. The van der Waals surface area contributed by atoms with Crippen LogP contribution in [0.5, 0.6) is 0 Å². The molecule has 0 radical (unpaired) electrons. The molecule has 1 amide bonds. The predicted molar refractivity (Wildman–Crippen MR) is 116 cm³/mol. The van der Waals surface area contributed by atoms with Gasteiger partial charge in [0.05, 0.1) is 14.9 Å². The van der Waals surface area contributed by atoms with Gasteiger partial charge < -0.3 is 10.1 Å². The minimum Gasteiger partial charge on any atom is -0.454 e. The third-order valence-electron chi connectivity index (χ3n) is 3.88. The summed E-state index contributed by atoms with van der Waals surface area (Å²) in [6.45, 7) is 2.68. The molecule has 1 unspecified atom stereocenters. The zero-order valence-corrected chi connectivity index (χ0v) is 19.1. The first kappa shape index (κ1) is 24.4. The van der Waals surface area contributed by atoms with Crippen LogP contribution in [0.3, 0.4) is 0 Å². The molecule has 0 aliphatic rings. The predicted octanol–water partition coefficient (Wildman–Crippen LogP) is 4.13. The fourth-order valence-corrected chi connectivity index (χ4v) is 4.06. The lowest BCUT2D eigenvalue weighted by molar-refractivity contribution is -0.150. The van der Waals surface area contributed by atoms with Crippen molar-refractivity contribution in [1.82, 2.24) is 4.72 Å². The quantitative estimate of drug-likeness (QED) is 0.538. The van der Waals surface area contributed by atoms with Crippen molar-refractivity contribution in [3.8, 4) is 0 Å². The number of carbonyl (C=O) groups is 2. The monoisotopic (exact) mass is 492 g/mol. The summed E-state index contributed by atoms with van der Waals surface area (Å²) in [4.78, 5) is 24.4. The van der Waals surface area contributed by atoms with Gasteiger partial charge in [0.15, 0.2) is 6.61 Å². The minimum atomic E-state index is -4.00. The maximum atomic E-state index is 12.5. The Labute approximate surface area is 189 Å². The molecule has 0 heterocycles. The number of halogens is 3.